The molecule has 3 heterocycles. The van der Waals surface area contributed by atoms with Gasteiger partial charge in [0, 0.05) is 36.3 Å². The van der Waals surface area contributed by atoms with Crippen LogP contribution in [0.2, 0.25) is 0 Å². The van der Waals surface area contributed by atoms with Crippen LogP contribution in [0.3, 0.4) is 0 Å². The van der Waals surface area contributed by atoms with Crippen molar-refractivity contribution >= 4 is 38.4 Å². The molecular weight excluding hydrogens is 340 g/mol. The van der Waals surface area contributed by atoms with Crippen LogP contribution in [0, 0.1) is 5.92 Å². The number of ether oxygens (including phenoxy) is 1. The minimum absolute atomic E-state index is 0.501. The number of hydrogen-bond acceptors (Lipinski definition) is 7. The third-order valence-electron chi connectivity index (χ3n) is 4.15. The molecule has 1 aliphatic rings. The van der Waals surface area contributed by atoms with Crippen molar-refractivity contribution in [2.45, 2.75) is 11.3 Å². The molecule has 4 rings (SSSR count). The predicted octanol–water partition coefficient (Wildman–Crippen LogP) is 3.71. The quantitative estimate of drug-likeness (QED) is 0.648. The van der Waals surface area contributed by atoms with Crippen molar-refractivity contribution in [3.63, 3.8) is 0 Å². The molecule has 1 unspecified atom stereocenters. The molecule has 0 saturated carbocycles. The first-order valence-electron chi connectivity index (χ1n) is 7.90. The molecule has 24 heavy (non-hydrogen) atoms. The van der Waals surface area contributed by atoms with Gasteiger partial charge in [-0.3, -0.25) is 4.98 Å². The first-order valence-corrected chi connectivity index (χ1v) is 9.94. The number of thioether (sulfide) groups is 1. The summed E-state index contributed by atoms with van der Waals surface area (Å²) in [5.41, 5.74) is 1.09. The lowest BCUT2D eigenvalue weighted by Crippen LogP contribution is -2.21. The van der Waals surface area contributed by atoms with E-state index in [1.807, 2.05) is 0 Å². The van der Waals surface area contributed by atoms with E-state index < -0.39 is 0 Å². The van der Waals surface area contributed by atoms with Crippen LogP contribution in [0.4, 0.5) is 5.13 Å². The standard InChI is InChI=1S/C17H18N4OS2/c1-23-13-2-3-14-15(8-13)24-17(20-14)21-7-4-12(10-21)11-22-16-9-18-5-6-19-16/h2-3,5-6,8-9,12H,4,7,10-11H2,1H3. The largest absolute Gasteiger partial charge is 0.476 e. The van der Waals surface area contributed by atoms with Crippen LogP contribution in [-0.4, -0.2) is 40.9 Å². The van der Waals surface area contributed by atoms with Gasteiger partial charge in [0.05, 0.1) is 23.0 Å². The van der Waals surface area contributed by atoms with Gasteiger partial charge < -0.3 is 9.64 Å². The van der Waals surface area contributed by atoms with Crippen molar-refractivity contribution in [3.8, 4) is 5.88 Å². The molecule has 1 aliphatic heterocycles. The van der Waals surface area contributed by atoms with E-state index in [2.05, 4.69) is 39.3 Å². The van der Waals surface area contributed by atoms with Crippen LogP contribution in [0.25, 0.3) is 10.2 Å². The summed E-state index contributed by atoms with van der Waals surface area (Å²) in [5, 5.41) is 1.12. The van der Waals surface area contributed by atoms with E-state index in [0.29, 0.717) is 18.4 Å². The molecule has 7 heteroatoms. The van der Waals surface area contributed by atoms with Crippen LogP contribution >= 0.6 is 23.1 Å². The van der Waals surface area contributed by atoms with Crippen molar-refractivity contribution in [2.75, 3.05) is 30.9 Å². The molecule has 0 spiro atoms. The maximum Gasteiger partial charge on any atom is 0.232 e. The Kier molecular flexibility index (Phi) is 4.53. The average molecular weight is 358 g/mol. The number of fused-ring (bicyclic) bond motifs is 1. The Balaban J connectivity index is 1.41. The van der Waals surface area contributed by atoms with Crippen molar-refractivity contribution in [1.82, 2.24) is 15.0 Å². The van der Waals surface area contributed by atoms with Crippen molar-refractivity contribution in [1.29, 1.82) is 0 Å². The molecular formula is C17H18N4OS2. The maximum atomic E-state index is 5.74. The van der Waals surface area contributed by atoms with Crippen LogP contribution in [0.1, 0.15) is 6.42 Å². The fourth-order valence-corrected chi connectivity index (χ4v) is 4.41. The minimum Gasteiger partial charge on any atom is -0.476 e. The highest BCUT2D eigenvalue weighted by atomic mass is 32.2. The monoisotopic (exact) mass is 358 g/mol. The second kappa shape index (κ2) is 6.94. The molecule has 3 aromatic rings. The van der Waals surface area contributed by atoms with Gasteiger partial charge in [0.25, 0.3) is 0 Å². The van der Waals surface area contributed by atoms with Gasteiger partial charge in [0.15, 0.2) is 5.13 Å². The third kappa shape index (κ3) is 3.32. The molecule has 0 amide bonds. The summed E-state index contributed by atoms with van der Waals surface area (Å²) in [6.45, 7) is 2.69. The zero-order valence-corrected chi connectivity index (χ0v) is 15.0. The highest BCUT2D eigenvalue weighted by molar-refractivity contribution is 7.98. The van der Waals surface area contributed by atoms with E-state index >= 15 is 0 Å². The molecule has 124 valence electrons. The number of hydrogen-bond donors (Lipinski definition) is 0. The van der Waals surface area contributed by atoms with Crippen LogP contribution in [0.5, 0.6) is 5.88 Å². The third-order valence-corrected chi connectivity index (χ3v) is 5.95. The van der Waals surface area contributed by atoms with E-state index in [1.165, 1.54) is 9.60 Å². The van der Waals surface area contributed by atoms with E-state index in [1.54, 1.807) is 41.7 Å². The summed E-state index contributed by atoms with van der Waals surface area (Å²) in [5.74, 6) is 1.10. The van der Waals surface area contributed by atoms with Gasteiger partial charge in [-0.1, -0.05) is 11.3 Å². The Morgan fingerprint density at radius 1 is 1.38 bits per heavy atom. The molecule has 0 bridgehead atoms. The smallest absolute Gasteiger partial charge is 0.232 e. The van der Waals surface area contributed by atoms with E-state index in [-0.39, 0.29) is 0 Å². The van der Waals surface area contributed by atoms with Crippen LogP contribution in [-0.2, 0) is 0 Å². The Hall–Kier alpha value is -1.86. The van der Waals surface area contributed by atoms with Crippen molar-refractivity contribution in [2.24, 2.45) is 5.92 Å². The number of rotatable bonds is 5. The Labute approximate surface area is 149 Å². The van der Waals surface area contributed by atoms with Crippen LogP contribution < -0.4 is 9.64 Å². The summed E-state index contributed by atoms with van der Waals surface area (Å²) in [4.78, 5) is 16.6. The zero-order chi connectivity index (χ0) is 16.4. The first kappa shape index (κ1) is 15.7. The molecule has 5 nitrogen and oxygen atoms in total. The summed E-state index contributed by atoms with van der Waals surface area (Å²) in [6.07, 6.45) is 8.18. The molecule has 1 fully saturated rings. The lowest BCUT2D eigenvalue weighted by Gasteiger charge is -2.15. The summed E-state index contributed by atoms with van der Waals surface area (Å²) >= 11 is 3.55. The summed E-state index contributed by atoms with van der Waals surface area (Å²) < 4.78 is 7.00. The predicted molar refractivity (Wildman–Crippen MR) is 99.2 cm³/mol. The van der Waals surface area contributed by atoms with Gasteiger partial charge in [0.1, 0.15) is 0 Å². The van der Waals surface area contributed by atoms with Gasteiger partial charge in [-0.15, -0.1) is 11.8 Å². The normalized spacial score (nSPS) is 17.5. The van der Waals surface area contributed by atoms with Gasteiger partial charge in [-0.25, -0.2) is 9.97 Å². The second-order valence-corrected chi connectivity index (χ2v) is 7.67. The molecule has 0 N–H and O–H groups in total. The van der Waals surface area contributed by atoms with Gasteiger partial charge in [-0.05, 0) is 30.9 Å². The number of nitrogens with zero attached hydrogens (tertiary/aromatic N) is 4. The fraction of sp³-hybridized carbons (Fsp3) is 0.353. The number of aromatic nitrogens is 3. The molecule has 2 aromatic heterocycles. The Morgan fingerprint density at radius 2 is 2.33 bits per heavy atom. The summed E-state index contributed by atoms with van der Waals surface area (Å²) in [6, 6.07) is 6.48. The first-order chi connectivity index (χ1) is 11.8. The number of anilines is 1. The number of benzene rings is 1. The van der Waals surface area contributed by atoms with Gasteiger partial charge >= 0.3 is 0 Å². The minimum atomic E-state index is 0.501. The zero-order valence-electron chi connectivity index (χ0n) is 13.4. The summed E-state index contributed by atoms with van der Waals surface area (Å²) in [7, 11) is 0. The molecule has 0 radical (unpaired) electrons. The average Bonchev–Trinajstić information content (AvgIpc) is 3.26. The number of thiazole rings is 1. The van der Waals surface area contributed by atoms with E-state index in [0.717, 1.165) is 30.2 Å². The molecule has 1 saturated heterocycles. The highest BCUT2D eigenvalue weighted by Crippen LogP contribution is 2.34. The second-order valence-electron chi connectivity index (χ2n) is 5.79. The fourth-order valence-electron chi connectivity index (χ4n) is 2.86. The van der Waals surface area contributed by atoms with Gasteiger partial charge in [-0.2, -0.15) is 0 Å². The lowest BCUT2D eigenvalue weighted by molar-refractivity contribution is 0.251. The maximum absolute atomic E-state index is 5.74. The molecule has 0 aliphatic carbocycles. The van der Waals surface area contributed by atoms with Gasteiger partial charge in [0.2, 0.25) is 5.88 Å². The topological polar surface area (TPSA) is 51.1 Å². The van der Waals surface area contributed by atoms with E-state index in [9.17, 15) is 0 Å². The highest BCUT2D eigenvalue weighted by Gasteiger charge is 2.25. The molecule has 1 atom stereocenters. The SMILES string of the molecule is CSc1ccc2nc(N3CCC(COc4cnccn4)C3)sc2c1. The Bertz CT molecular complexity index is 824. The van der Waals surface area contributed by atoms with E-state index in [4.69, 9.17) is 9.72 Å². The lowest BCUT2D eigenvalue weighted by atomic mass is 10.1. The molecule has 1 aromatic carbocycles. The van der Waals surface area contributed by atoms with Crippen molar-refractivity contribution < 1.29 is 4.74 Å². The van der Waals surface area contributed by atoms with Crippen LogP contribution in [0.15, 0.2) is 41.7 Å². The Morgan fingerprint density at radius 3 is 3.17 bits per heavy atom. The van der Waals surface area contributed by atoms with Crippen molar-refractivity contribution in [3.05, 3.63) is 36.8 Å².